The van der Waals surface area contributed by atoms with Crippen LogP contribution >= 0.6 is 0 Å². The average Bonchev–Trinajstić information content (AvgIpc) is 3.12. The Morgan fingerprint density at radius 1 is 0.806 bits per heavy atom. The predicted octanol–water partition coefficient (Wildman–Crippen LogP) is 5.99. The van der Waals surface area contributed by atoms with Gasteiger partial charge < -0.3 is 14.6 Å². The molecule has 1 atom stereocenters. The fourth-order valence-corrected chi connectivity index (χ4v) is 3.91. The lowest BCUT2D eigenvalue weighted by molar-refractivity contribution is -0.142. The molecule has 0 saturated heterocycles. The van der Waals surface area contributed by atoms with E-state index in [1.54, 1.807) is 0 Å². The van der Waals surface area contributed by atoms with E-state index in [0.29, 0.717) is 12.2 Å². The number of carbonyl (C=O) groups excluding carboxylic acids is 1. The molecule has 0 radical (unpaired) electrons. The van der Waals surface area contributed by atoms with Crippen LogP contribution in [0, 0.1) is 0 Å². The molecule has 152 valence electrons. The van der Waals surface area contributed by atoms with Crippen molar-refractivity contribution >= 4 is 22.3 Å². The van der Waals surface area contributed by atoms with Crippen molar-refractivity contribution in [1.82, 2.24) is 0 Å². The largest absolute Gasteiger partial charge is 0.502 e. The van der Waals surface area contributed by atoms with Crippen LogP contribution in [0.25, 0.3) is 16.3 Å². The van der Waals surface area contributed by atoms with Gasteiger partial charge in [-0.25, -0.2) is 4.79 Å². The molecule has 5 rings (SSSR count). The first-order chi connectivity index (χ1) is 15.2. The van der Waals surface area contributed by atoms with Gasteiger partial charge in [-0.3, -0.25) is 0 Å². The minimum atomic E-state index is -0.708. The van der Waals surface area contributed by atoms with Crippen LogP contribution in [0.1, 0.15) is 22.8 Å². The summed E-state index contributed by atoms with van der Waals surface area (Å²) in [5.74, 6) is -0.330. The number of aliphatic hydroxyl groups excluding tert-OH is 1. The van der Waals surface area contributed by atoms with Gasteiger partial charge in [-0.15, -0.1) is 0 Å². The standard InChI is InChI=1S/C27H20O4/c28-25-24(19-8-2-1-3-9-19)26(31-27(25)29)20-13-15-22(16-14-20)30-17-21-11-6-10-18-7-4-5-12-23(18)21/h1-16,26,28H,17H2/t26-/m1/s1. The number of fused-ring (bicyclic) bond motifs is 1. The van der Waals surface area contributed by atoms with E-state index in [9.17, 15) is 9.90 Å². The molecule has 1 heterocycles. The van der Waals surface area contributed by atoms with Crippen molar-refractivity contribution < 1.29 is 19.4 Å². The number of cyclic esters (lactones) is 1. The van der Waals surface area contributed by atoms with Gasteiger partial charge in [0.15, 0.2) is 6.10 Å². The summed E-state index contributed by atoms with van der Waals surface area (Å²) in [6.07, 6.45) is -0.651. The number of esters is 1. The maximum atomic E-state index is 12.0. The lowest BCUT2D eigenvalue weighted by atomic mass is 9.95. The van der Waals surface area contributed by atoms with Crippen LogP contribution in [0.3, 0.4) is 0 Å². The number of hydrogen-bond acceptors (Lipinski definition) is 4. The Morgan fingerprint density at radius 2 is 1.52 bits per heavy atom. The van der Waals surface area contributed by atoms with Gasteiger partial charge in [0.2, 0.25) is 5.76 Å². The van der Waals surface area contributed by atoms with E-state index >= 15 is 0 Å². The van der Waals surface area contributed by atoms with Crippen molar-refractivity contribution in [3.05, 3.63) is 120 Å². The number of ether oxygens (including phenoxy) is 2. The van der Waals surface area contributed by atoms with Crippen molar-refractivity contribution in [2.75, 3.05) is 0 Å². The number of rotatable bonds is 5. The summed E-state index contributed by atoms with van der Waals surface area (Å²) in [5.41, 5.74) is 3.13. The number of hydrogen-bond donors (Lipinski definition) is 1. The van der Waals surface area contributed by atoms with Crippen LogP contribution in [-0.4, -0.2) is 11.1 Å². The van der Waals surface area contributed by atoms with Crippen LogP contribution in [0.15, 0.2) is 103 Å². The molecule has 1 aliphatic rings. The third kappa shape index (κ3) is 3.64. The summed E-state index contributed by atoms with van der Waals surface area (Å²) in [5, 5.41) is 12.6. The molecular weight excluding hydrogens is 388 g/mol. The second kappa shape index (κ2) is 8.00. The van der Waals surface area contributed by atoms with Crippen molar-refractivity contribution in [1.29, 1.82) is 0 Å². The summed E-state index contributed by atoms with van der Waals surface area (Å²) >= 11 is 0. The summed E-state index contributed by atoms with van der Waals surface area (Å²) < 4.78 is 11.4. The third-order valence-corrected chi connectivity index (χ3v) is 5.48. The maximum absolute atomic E-state index is 12.0. The fraction of sp³-hybridized carbons (Fsp3) is 0.0741. The first-order valence-corrected chi connectivity index (χ1v) is 10.1. The SMILES string of the molecule is O=C1O[C@H](c2ccc(OCc3cccc4ccccc34)cc2)C(c2ccccc2)=C1O. The van der Waals surface area contributed by atoms with Gasteiger partial charge in [0.05, 0.1) is 5.57 Å². The molecular formula is C27H20O4. The Balaban J connectivity index is 1.36. The average molecular weight is 408 g/mol. The monoisotopic (exact) mass is 408 g/mol. The van der Waals surface area contributed by atoms with E-state index < -0.39 is 12.1 Å². The molecule has 0 bridgehead atoms. The first kappa shape index (κ1) is 18.9. The molecule has 0 amide bonds. The lowest BCUT2D eigenvalue weighted by Crippen LogP contribution is -2.03. The molecule has 4 nitrogen and oxygen atoms in total. The molecule has 0 spiro atoms. The van der Waals surface area contributed by atoms with Crippen molar-refractivity contribution in [2.24, 2.45) is 0 Å². The molecule has 1 aliphatic heterocycles. The van der Waals surface area contributed by atoms with Gasteiger partial charge in [-0.1, -0.05) is 84.9 Å². The zero-order valence-corrected chi connectivity index (χ0v) is 16.7. The lowest BCUT2D eigenvalue weighted by Gasteiger charge is -2.15. The number of carbonyl (C=O) groups is 1. The van der Waals surface area contributed by atoms with Gasteiger partial charge in [-0.05, 0) is 39.6 Å². The highest BCUT2D eigenvalue weighted by molar-refractivity contribution is 6.00. The second-order valence-electron chi connectivity index (χ2n) is 7.41. The molecule has 0 saturated carbocycles. The number of aliphatic hydroxyl groups is 1. The third-order valence-electron chi connectivity index (χ3n) is 5.48. The summed E-state index contributed by atoms with van der Waals surface area (Å²) in [4.78, 5) is 12.0. The molecule has 4 aromatic rings. The van der Waals surface area contributed by atoms with Crippen molar-refractivity contribution in [3.8, 4) is 5.75 Å². The minimum Gasteiger partial charge on any atom is -0.502 e. The highest BCUT2D eigenvalue weighted by atomic mass is 16.6. The van der Waals surface area contributed by atoms with E-state index in [1.165, 1.54) is 10.8 Å². The van der Waals surface area contributed by atoms with E-state index in [-0.39, 0.29) is 5.76 Å². The zero-order valence-electron chi connectivity index (χ0n) is 16.7. The van der Waals surface area contributed by atoms with Gasteiger partial charge in [0.25, 0.3) is 0 Å². The van der Waals surface area contributed by atoms with Gasteiger partial charge >= 0.3 is 5.97 Å². The quantitative estimate of drug-likeness (QED) is 0.412. The highest BCUT2D eigenvalue weighted by Crippen LogP contribution is 2.41. The molecule has 0 aromatic heterocycles. The fourth-order valence-electron chi connectivity index (χ4n) is 3.91. The Kier molecular flexibility index (Phi) is 4.89. The second-order valence-corrected chi connectivity index (χ2v) is 7.41. The highest BCUT2D eigenvalue weighted by Gasteiger charge is 2.36. The topological polar surface area (TPSA) is 55.8 Å². The predicted molar refractivity (Wildman–Crippen MR) is 120 cm³/mol. The maximum Gasteiger partial charge on any atom is 0.374 e. The van der Waals surface area contributed by atoms with E-state index in [2.05, 4.69) is 24.3 Å². The number of benzene rings is 4. The zero-order chi connectivity index (χ0) is 21.2. The van der Waals surface area contributed by atoms with Gasteiger partial charge in [0, 0.05) is 0 Å². The Labute approximate surface area is 180 Å². The molecule has 4 heteroatoms. The molecule has 4 aromatic carbocycles. The van der Waals surface area contributed by atoms with E-state index in [1.807, 2.05) is 72.8 Å². The molecule has 0 unspecified atom stereocenters. The van der Waals surface area contributed by atoms with Crippen molar-refractivity contribution in [2.45, 2.75) is 12.7 Å². The van der Waals surface area contributed by atoms with Gasteiger partial charge in [0.1, 0.15) is 12.4 Å². The van der Waals surface area contributed by atoms with Crippen LogP contribution in [0.2, 0.25) is 0 Å². The Bertz CT molecular complexity index is 1270. The van der Waals surface area contributed by atoms with E-state index in [0.717, 1.165) is 22.4 Å². The van der Waals surface area contributed by atoms with Crippen LogP contribution in [0.4, 0.5) is 0 Å². The molecule has 0 aliphatic carbocycles. The van der Waals surface area contributed by atoms with Crippen LogP contribution in [0.5, 0.6) is 5.75 Å². The van der Waals surface area contributed by atoms with E-state index in [4.69, 9.17) is 9.47 Å². The summed E-state index contributed by atoms with van der Waals surface area (Å²) in [6.45, 7) is 0.453. The first-order valence-electron chi connectivity index (χ1n) is 10.1. The smallest absolute Gasteiger partial charge is 0.374 e. The summed E-state index contributed by atoms with van der Waals surface area (Å²) in [7, 11) is 0. The normalized spacial score (nSPS) is 15.9. The Hall–Kier alpha value is -4.05. The minimum absolute atomic E-state index is 0.340. The van der Waals surface area contributed by atoms with Gasteiger partial charge in [-0.2, -0.15) is 0 Å². The summed E-state index contributed by atoms with van der Waals surface area (Å²) in [6, 6.07) is 31.1. The Morgan fingerprint density at radius 3 is 2.32 bits per heavy atom. The van der Waals surface area contributed by atoms with Crippen molar-refractivity contribution in [3.63, 3.8) is 0 Å². The molecule has 31 heavy (non-hydrogen) atoms. The molecule has 0 fully saturated rings. The van der Waals surface area contributed by atoms with Crippen LogP contribution in [-0.2, 0) is 16.1 Å². The molecule has 1 N–H and O–H groups in total. The van der Waals surface area contributed by atoms with Crippen LogP contribution < -0.4 is 4.74 Å².